The van der Waals surface area contributed by atoms with E-state index in [4.69, 9.17) is 0 Å². The fraction of sp³-hybridized carbons (Fsp3) is 0.684. The molecule has 0 bridgehead atoms. The molecule has 0 spiro atoms. The summed E-state index contributed by atoms with van der Waals surface area (Å²) in [5.41, 5.74) is 1.43. The van der Waals surface area contributed by atoms with E-state index in [0.717, 1.165) is 13.1 Å². The SMILES string of the molecule is CCCCCCCCN1CC(c2ccccc2)NCC1C. The number of hydrogen-bond donors (Lipinski definition) is 1. The highest BCUT2D eigenvalue weighted by atomic mass is 15.2. The van der Waals surface area contributed by atoms with E-state index < -0.39 is 0 Å². The molecule has 2 heteroatoms. The molecule has 1 aliphatic rings. The molecule has 1 aliphatic heterocycles. The smallest absolute Gasteiger partial charge is 0.0449 e. The van der Waals surface area contributed by atoms with E-state index in [1.54, 1.807) is 0 Å². The molecule has 1 heterocycles. The van der Waals surface area contributed by atoms with E-state index in [-0.39, 0.29) is 0 Å². The molecule has 1 fully saturated rings. The normalized spacial score (nSPS) is 23.3. The second-order valence-corrected chi connectivity index (χ2v) is 6.48. The Hall–Kier alpha value is -0.860. The zero-order chi connectivity index (χ0) is 14.9. The van der Waals surface area contributed by atoms with Gasteiger partial charge in [0, 0.05) is 25.2 Å². The summed E-state index contributed by atoms with van der Waals surface area (Å²) in [6.07, 6.45) is 8.33. The molecule has 0 saturated carbocycles. The summed E-state index contributed by atoms with van der Waals surface area (Å²) in [7, 11) is 0. The van der Waals surface area contributed by atoms with Crippen molar-refractivity contribution >= 4 is 0 Å². The fourth-order valence-electron chi connectivity index (χ4n) is 3.24. The average molecular weight is 288 g/mol. The van der Waals surface area contributed by atoms with Crippen molar-refractivity contribution in [2.75, 3.05) is 19.6 Å². The van der Waals surface area contributed by atoms with E-state index in [2.05, 4.69) is 54.4 Å². The first kappa shape index (κ1) is 16.5. The van der Waals surface area contributed by atoms with Gasteiger partial charge in [0.05, 0.1) is 0 Å². The van der Waals surface area contributed by atoms with Crippen LogP contribution in [0.1, 0.15) is 64.0 Å². The van der Waals surface area contributed by atoms with Crippen LogP contribution >= 0.6 is 0 Å². The molecular weight excluding hydrogens is 256 g/mol. The summed E-state index contributed by atoms with van der Waals surface area (Å²) >= 11 is 0. The highest BCUT2D eigenvalue weighted by Crippen LogP contribution is 2.20. The first-order valence-corrected chi connectivity index (χ1v) is 8.83. The van der Waals surface area contributed by atoms with Crippen LogP contribution in [0.3, 0.4) is 0 Å². The van der Waals surface area contributed by atoms with Crippen LogP contribution < -0.4 is 5.32 Å². The first-order valence-electron chi connectivity index (χ1n) is 8.83. The van der Waals surface area contributed by atoms with Gasteiger partial charge in [-0.15, -0.1) is 0 Å². The third-order valence-corrected chi connectivity index (χ3v) is 4.70. The lowest BCUT2D eigenvalue weighted by molar-refractivity contribution is 0.138. The van der Waals surface area contributed by atoms with Gasteiger partial charge in [-0.3, -0.25) is 4.90 Å². The second kappa shape index (κ2) is 9.22. The highest BCUT2D eigenvalue weighted by molar-refractivity contribution is 5.20. The monoisotopic (exact) mass is 288 g/mol. The maximum absolute atomic E-state index is 3.69. The van der Waals surface area contributed by atoms with E-state index in [1.165, 1.54) is 50.6 Å². The van der Waals surface area contributed by atoms with Gasteiger partial charge >= 0.3 is 0 Å². The van der Waals surface area contributed by atoms with Gasteiger partial charge in [-0.05, 0) is 25.5 Å². The van der Waals surface area contributed by atoms with Crippen molar-refractivity contribution in [3.63, 3.8) is 0 Å². The molecule has 1 saturated heterocycles. The second-order valence-electron chi connectivity index (χ2n) is 6.48. The minimum atomic E-state index is 0.502. The minimum absolute atomic E-state index is 0.502. The van der Waals surface area contributed by atoms with Crippen LogP contribution in [-0.4, -0.2) is 30.6 Å². The Labute approximate surface area is 130 Å². The Morgan fingerprint density at radius 3 is 2.52 bits per heavy atom. The van der Waals surface area contributed by atoms with E-state index in [9.17, 15) is 0 Å². The molecule has 2 atom stereocenters. The predicted octanol–water partition coefficient (Wildman–Crippen LogP) is 4.38. The van der Waals surface area contributed by atoms with Gasteiger partial charge in [-0.2, -0.15) is 0 Å². The highest BCUT2D eigenvalue weighted by Gasteiger charge is 2.25. The van der Waals surface area contributed by atoms with Crippen LogP contribution in [0.5, 0.6) is 0 Å². The van der Waals surface area contributed by atoms with E-state index in [0.29, 0.717) is 12.1 Å². The Kier molecular flexibility index (Phi) is 7.25. The van der Waals surface area contributed by atoms with Crippen LogP contribution in [0.25, 0.3) is 0 Å². The molecule has 21 heavy (non-hydrogen) atoms. The largest absolute Gasteiger partial charge is 0.307 e. The molecule has 0 aromatic heterocycles. The molecule has 0 aliphatic carbocycles. The van der Waals surface area contributed by atoms with Crippen LogP contribution in [0.2, 0.25) is 0 Å². The summed E-state index contributed by atoms with van der Waals surface area (Å²) in [6, 6.07) is 12.1. The van der Waals surface area contributed by atoms with Gasteiger partial charge < -0.3 is 5.32 Å². The summed E-state index contributed by atoms with van der Waals surface area (Å²) in [6.45, 7) is 8.16. The number of benzene rings is 1. The van der Waals surface area contributed by atoms with Crippen LogP contribution in [0.4, 0.5) is 0 Å². The molecule has 1 N–H and O–H groups in total. The average Bonchev–Trinajstić information content (AvgIpc) is 2.53. The van der Waals surface area contributed by atoms with Crippen molar-refractivity contribution in [2.24, 2.45) is 0 Å². The number of nitrogens with one attached hydrogen (secondary N) is 1. The Bertz CT molecular complexity index is 376. The lowest BCUT2D eigenvalue weighted by atomic mass is 10.0. The quantitative estimate of drug-likeness (QED) is 0.714. The van der Waals surface area contributed by atoms with Gasteiger partial charge in [-0.1, -0.05) is 69.4 Å². The zero-order valence-corrected chi connectivity index (χ0v) is 13.9. The van der Waals surface area contributed by atoms with Gasteiger partial charge in [0.1, 0.15) is 0 Å². The van der Waals surface area contributed by atoms with Crippen molar-refractivity contribution in [2.45, 2.75) is 64.5 Å². The maximum Gasteiger partial charge on any atom is 0.0449 e. The van der Waals surface area contributed by atoms with Crippen LogP contribution in [0, 0.1) is 0 Å². The molecule has 1 aromatic rings. The van der Waals surface area contributed by atoms with E-state index in [1.807, 2.05) is 0 Å². The first-order chi connectivity index (χ1) is 10.3. The lowest BCUT2D eigenvalue weighted by Crippen LogP contribution is -2.51. The summed E-state index contributed by atoms with van der Waals surface area (Å²) in [5, 5.41) is 3.69. The maximum atomic E-state index is 3.69. The standard InChI is InChI=1S/C19H32N2/c1-3-4-5-6-7-11-14-21-16-19(20-15-17(21)2)18-12-9-8-10-13-18/h8-10,12-13,17,19-20H,3-7,11,14-16H2,1-2H3. The van der Waals surface area contributed by atoms with Gasteiger partial charge in [0.25, 0.3) is 0 Å². The molecule has 1 aromatic carbocycles. The Morgan fingerprint density at radius 1 is 1.05 bits per heavy atom. The van der Waals surface area contributed by atoms with Crippen molar-refractivity contribution in [3.05, 3.63) is 35.9 Å². The fourth-order valence-corrected chi connectivity index (χ4v) is 3.24. The topological polar surface area (TPSA) is 15.3 Å². The number of hydrogen-bond acceptors (Lipinski definition) is 2. The number of piperazine rings is 1. The molecule has 0 amide bonds. The van der Waals surface area contributed by atoms with Gasteiger partial charge in [-0.25, -0.2) is 0 Å². The third-order valence-electron chi connectivity index (χ3n) is 4.70. The zero-order valence-electron chi connectivity index (χ0n) is 13.9. The molecule has 0 radical (unpaired) electrons. The Morgan fingerprint density at radius 2 is 1.76 bits per heavy atom. The molecule has 2 rings (SSSR count). The van der Waals surface area contributed by atoms with Crippen molar-refractivity contribution in [3.8, 4) is 0 Å². The molecule has 2 nitrogen and oxygen atoms in total. The molecular formula is C19H32N2. The minimum Gasteiger partial charge on any atom is -0.307 e. The predicted molar refractivity (Wildman–Crippen MR) is 91.6 cm³/mol. The van der Waals surface area contributed by atoms with Gasteiger partial charge in [0.2, 0.25) is 0 Å². The molecule has 2 unspecified atom stereocenters. The number of rotatable bonds is 8. The summed E-state index contributed by atoms with van der Waals surface area (Å²) < 4.78 is 0. The summed E-state index contributed by atoms with van der Waals surface area (Å²) in [4.78, 5) is 2.67. The molecule has 118 valence electrons. The summed E-state index contributed by atoms with van der Waals surface area (Å²) in [5.74, 6) is 0. The van der Waals surface area contributed by atoms with Crippen molar-refractivity contribution in [1.82, 2.24) is 10.2 Å². The van der Waals surface area contributed by atoms with Crippen LogP contribution in [0.15, 0.2) is 30.3 Å². The van der Waals surface area contributed by atoms with E-state index >= 15 is 0 Å². The number of nitrogens with zero attached hydrogens (tertiary/aromatic N) is 1. The van der Waals surface area contributed by atoms with Crippen molar-refractivity contribution < 1.29 is 0 Å². The van der Waals surface area contributed by atoms with Crippen LogP contribution in [-0.2, 0) is 0 Å². The number of unbranched alkanes of at least 4 members (excludes halogenated alkanes) is 5. The van der Waals surface area contributed by atoms with Crippen molar-refractivity contribution in [1.29, 1.82) is 0 Å². The van der Waals surface area contributed by atoms with Gasteiger partial charge in [0.15, 0.2) is 0 Å². The Balaban J connectivity index is 1.74. The third kappa shape index (κ3) is 5.44. The lowest BCUT2D eigenvalue weighted by Gasteiger charge is -2.39.